The van der Waals surface area contributed by atoms with Gasteiger partial charge in [-0.3, -0.25) is 4.57 Å². The van der Waals surface area contributed by atoms with Gasteiger partial charge in [0, 0.05) is 12.1 Å². The van der Waals surface area contributed by atoms with Gasteiger partial charge < -0.3 is 5.73 Å². The van der Waals surface area contributed by atoms with E-state index in [0.717, 1.165) is 12.1 Å². The van der Waals surface area contributed by atoms with Crippen LogP contribution < -0.4 is 5.73 Å². The van der Waals surface area contributed by atoms with Gasteiger partial charge in [0.15, 0.2) is 23.3 Å². The maximum atomic E-state index is 13.9. The number of hydrogen-bond donors (Lipinski definition) is 1. The molecule has 0 spiro atoms. The van der Waals surface area contributed by atoms with E-state index < -0.39 is 46.2 Å². The van der Waals surface area contributed by atoms with Crippen molar-refractivity contribution >= 4 is 17.0 Å². The minimum absolute atomic E-state index is 0.0736. The number of halogens is 5. The molecule has 21 heavy (non-hydrogen) atoms. The summed E-state index contributed by atoms with van der Waals surface area (Å²) in [5.41, 5.74) is 4.25. The molecule has 0 radical (unpaired) electrons. The zero-order valence-corrected chi connectivity index (χ0v) is 10.2. The Morgan fingerprint density at radius 2 is 1.62 bits per heavy atom. The Hall–Kier alpha value is -2.64. The van der Waals surface area contributed by atoms with Crippen LogP contribution in [0.15, 0.2) is 24.3 Å². The molecule has 108 valence electrons. The van der Waals surface area contributed by atoms with E-state index in [4.69, 9.17) is 5.73 Å². The van der Waals surface area contributed by atoms with Gasteiger partial charge in [0.05, 0.1) is 11.2 Å². The SMILES string of the molecule is Nc1nc2ccc(F)c(F)c2n1-c1cc(F)cc(F)c1F. The average molecular weight is 299 g/mol. The highest BCUT2D eigenvalue weighted by Crippen LogP contribution is 2.29. The zero-order valence-electron chi connectivity index (χ0n) is 10.2. The molecule has 2 N–H and O–H groups in total. The molecule has 0 saturated carbocycles. The summed E-state index contributed by atoms with van der Waals surface area (Å²) >= 11 is 0. The van der Waals surface area contributed by atoms with Crippen molar-refractivity contribution in [1.29, 1.82) is 0 Å². The summed E-state index contributed by atoms with van der Waals surface area (Å²) in [4.78, 5) is 3.71. The van der Waals surface area contributed by atoms with Crippen molar-refractivity contribution in [1.82, 2.24) is 9.55 Å². The van der Waals surface area contributed by atoms with E-state index in [2.05, 4.69) is 4.98 Å². The molecule has 0 unspecified atom stereocenters. The molecule has 0 atom stereocenters. The minimum atomic E-state index is -1.48. The Balaban J connectivity index is 2.46. The van der Waals surface area contributed by atoms with Crippen molar-refractivity contribution in [3.05, 3.63) is 53.4 Å². The lowest BCUT2D eigenvalue weighted by molar-refractivity contribution is 0.490. The van der Waals surface area contributed by atoms with Crippen LogP contribution in [0.4, 0.5) is 27.9 Å². The molecular weight excluding hydrogens is 293 g/mol. The van der Waals surface area contributed by atoms with E-state index in [1.54, 1.807) is 0 Å². The zero-order chi connectivity index (χ0) is 15.3. The maximum absolute atomic E-state index is 13.9. The first kappa shape index (κ1) is 13.3. The third kappa shape index (κ3) is 1.91. The number of nitrogen functional groups attached to an aromatic ring is 1. The molecule has 1 heterocycles. The molecule has 8 heteroatoms. The quantitative estimate of drug-likeness (QED) is 0.553. The van der Waals surface area contributed by atoms with Crippen LogP contribution in [0.1, 0.15) is 0 Å². The molecule has 1 aromatic heterocycles. The molecule has 3 nitrogen and oxygen atoms in total. The summed E-state index contributed by atoms with van der Waals surface area (Å²) in [5.74, 6) is -7.03. The second-order valence-electron chi connectivity index (χ2n) is 4.26. The van der Waals surface area contributed by atoms with Crippen LogP contribution in [-0.2, 0) is 0 Å². The van der Waals surface area contributed by atoms with Gasteiger partial charge in [-0.2, -0.15) is 0 Å². The van der Waals surface area contributed by atoms with Gasteiger partial charge in [0.2, 0.25) is 5.95 Å². The summed E-state index contributed by atoms with van der Waals surface area (Å²) in [7, 11) is 0. The maximum Gasteiger partial charge on any atom is 0.206 e. The van der Waals surface area contributed by atoms with Crippen LogP contribution in [0.25, 0.3) is 16.7 Å². The highest BCUT2D eigenvalue weighted by Gasteiger charge is 2.21. The number of fused-ring (bicyclic) bond motifs is 1. The van der Waals surface area contributed by atoms with Gasteiger partial charge in [-0.1, -0.05) is 0 Å². The molecule has 0 saturated heterocycles. The first-order valence-electron chi connectivity index (χ1n) is 5.67. The third-order valence-corrected chi connectivity index (χ3v) is 2.95. The molecular formula is C13H6F5N3. The second kappa shape index (κ2) is 4.44. The predicted molar refractivity (Wildman–Crippen MR) is 65.3 cm³/mol. The highest BCUT2D eigenvalue weighted by atomic mass is 19.2. The highest BCUT2D eigenvalue weighted by molar-refractivity contribution is 5.81. The van der Waals surface area contributed by atoms with E-state index in [9.17, 15) is 22.0 Å². The Morgan fingerprint density at radius 1 is 0.905 bits per heavy atom. The number of nitrogens with two attached hydrogens (primary N) is 1. The van der Waals surface area contributed by atoms with E-state index in [-0.39, 0.29) is 5.52 Å². The molecule has 3 aromatic rings. The first-order chi connectivity index (χ1) is 9.90. The van der Waals surface area contributed by atoms with Crippen LogP contribution in [0.2, 0.25) is 0 Å². The Labute approximate surface area is 114 Å². The Morgan fingerprint density at radius 3 is 2.33 bits per heavy atom. The molecule has 0 aliphatic heterocycles. The normalized spacial score (nSPS) is 11.3. The fourth-order valence-corrected chi connectivity index (χ4v) is 2.07. The molecule has 2 aromatic carbocycles. The number of nitrogens with zero attached hydrogens (tertiary/aromatic N) is 2. The molecule has 0 amide bonds. The lowest BCUT2D eigenvalue weighted by Crippen LogP contribution is -2.06. The Bertz CT molecular complexity index is 872. The van der Waals surface area contributed by atoms with E-state index in [1.165, 1.54) is 0 Å². The number of benzene rings is 2. The monoisotopic (exact) mass is 299 g/mol. The van der Waals surface area contributed by atoms with Crippen LogP contribution in [0.3, 0.4) is 0 Å². The number of anilines is 1. The van der Waals surface area contributed by atoms with Gasteiger partial charge in [-0.05, 0) is 12.1 Å². The van der Waals surface area contributed by atoms with Gasteiger partial charge in [0.1, 0.15) is 11.3 Å². The van der Waals surface area contributed by atoms with Crippen molar-refractivity contribution in [2.45, 2.75) is 0 Å². The van der Waals surface area contributed by atoms with Crippen molar-refractivity contribution in [2.75, 3.05) is 5.73 Å². The minimum Gasteiger partial charge on any atom is -0.369 e. The summed E-state index contributed by atoms with van der Waals surface area (Å²) in [6, 6.07) is 2.87. The van der Waals surface area contributed by atoms with Crippen molar-refractivity contribution < 1.29 is 22.0 Å². The first-order valence-corrected chi connectivity index (χ1v) is 5.67. The number of hydrogen-bond acceptors (Lipinski definition) is 2. The summed E-state index contributed by atoms with van der Waals surface area (Å²) in [6.45, 7) is 0. The largest absolute Gasteiger partial charge is 0.369 e. The number of rotatable bonds is 1. The van der Waals surface area contributed by atoms with Gasteiger partial charge in [-0.25, -0.2) is 26.9 Å². The Kier molecular flexibility index (Phi) is 2.82. The van der Waals surface area contributed by atoms with Gasteiger partial charge >= 0.3 is 0 Å². The van der Waals surface area contributed by atoms with Crippen molar-refractivity contribution in [3.8, 4) is 5.69 Å². The van der Waals surface area contributed by atoms with E-state index >= 15 is 0 Å². The fraction of sp³-hybridized carbons (Fsp3) is 0. The topological polar surface area (TPSA) is 43.8 Å². The second-order valence-corrected chi connectivity index (χ2v) is 4.26. The molecule has 0 aliphatic rings. The molecule has 0 aliphatic carbocycles. The van der Waals surface area contributed by atoms with Gasteiger partial charge in [0.25, 0.3) is 0 Å². The lowest BCUT2D eigenvalue weighted by Gasteiger charge is -2.09. The van der Waals surface area contributed by atoms with Gasteiger partial charge in [-0.15, -0.1) is 0 Å². The summed E-state index contributed by atoms with van der Waals surface area (Å²) in [6.07, 6.45) is 0. The van der Waals surface area contributed by atoms with Crippen LogP contribution in [0, 0.1) is 29.1 Å². The summed E-state index contributed by atoms with van der Waals surface area (Å²) < 4.78 is 68.2. The van der Waals surface area contributed by atoms with Crippen LogP contribution in [0.5, 0.6) is 0 Å². The van der Waals surface area contributed by atoms with E-state index in [0.29, 0.717) is 16.7 Å². The van der Waals surface area contributed by atoms with Crippen molar-refractivity contribution in [2.24, 2.45) is 0 Å². The smallest absolute Gasteiger partial charge is 0.206 e. The molecule has 0 bridgehead atoms. The number of imidazole rings is 1. The molecule has 0 fully saturated rings. The standard InChI is InChI=1S/C13H6F5N3/c14-5-3-7(16)10(17)9(4-5)21-12-8(20-13(21)19)2-1-6(15)11(12)18/h1-4H,(H2,19,20). The van der Waals surface area contributed by atoms with Crippen LogP contribution in [-0.4, -0.2) is 9.55 Å². The van der Waals surface area contributed by atoms with E-state index in [1.807, 2.05) is 0 Å². The van der Waals surface area contributed by atoms with Crippen LogP contribution >= 0.6 is 0 Å². The predicted octanol–water partition coefficient (Wildman–Crippen LogP) is 3.30. The van der Waals surface area contributed by atoms with Crippen molar-refractivity contribution in [3.63, 3.8) is 0 Å². The average Bonchev–Trinajstić information content (AvgIpc) is 2.75. The molecule has 3 rings (SSSR count). The third-order valence-electron chi connectivity index (χ3n) is 2.95. The summed E-state index contributed by atoms with van der Waals surface area (Å²) in [5, 5.41) is 0. The fourth-order valence-electron chi connectivity index (χ4n) is 2.07. The lowest BCUT2D eigenvalue weighted by atomic mass is 10.2. The number of aromatic nitrogens is 2.